The van der Waals surface area contributed by atoms with Crippen molar-refractivity contribution in [3.63, 3.8) is 0 Å². The molecule has 0 unspecified atom stereocenters. The van der Waals surface area contributed by atoms with Gasteiger partial charge in [-0.05, 0) is 48.2 Å². The molecule has 0 saturated heterocycles. The number of hydrogen-bond acceptors (Lipinski definition) is 4. The minimum atomic E-state index is -3.93. The number of unbranched alkanes of at least 4 members (excludes halogenated alkanes) is 1. The normalized spacial score (nSPS) is 11.4. The summed E-state index contributed by atoms with van der Waals surface area (Å²) in [5.41, 5.74) is 5.96. The summed E-state index contributed by atoms with van der Waals surface area (Å²) in [4.78, 5) is 10.5. The first-order valence-electron chi connectivity index (χ1n) is 7.53. The van der Waals surface area contributed by atoms with E-state index in [-0.39, 0.29) is 17.9 Å². The summed E-state index contributed by atoms with van der Waals surface area (Å²) >= 11 is 0. The molecule has 2 N–H and O–H groups in total. The Hall–Kier alpha value is -2.32. The molecule has 0 fully saturated rings. The number of carbonyl (C=O) groups excluding carboxylic acids is 1. The average molecular weight is 369 g/mol. The molecule has 134 valence electrons. The summed E-state index contributed by atoms with van der Waals surface area (Å²) in [6.45, 7) is -0.0550. The molecular formula is C17H17F2NO4S. The molecule has 0 atom stereocenters. The van der Waals surface area contributed by atoms with Gasteiger partial charge in [-0.15, -0.1) is 0 Å². The number of carbonyl (C=O) groups is 1. The molecule has 0 aliphatic heterocycles. The van der Waals surface area contributed by atoms with Crippen LogP contribution in [0.2, 0.25) is 0 Å². The lowest BCUT2D eigenvalue weighted by atomic mass is 10.1. The molecule has 0 aromatic heterocycles. The molecule has 1 amide bonds. The van der Waals surface area contributed by atoms with Gasteiger partial charge >= 0.3 is 0 Å². The van der Waals surface area contributed by atoms with Gasteiger partial charge in [-0.2, -0.15) is 8.42 Å². The lowest BCUT2D eigenvalue weighted by Crippen LogP contribution is -2.11. The van der Waals surface area contributed by atoms with Gasteiger partial charge in [0.2, 0.25) is 5.91 Å². The van der Waals surface area contributed by atoms with E-state index < -0.39 is 27.7 Å². The van der Waals surface area contributed by atoms with Crippen molar-refractivity contribution in [3.8, 4) is 11.1 Å². The maximum absolute atomic E-state index is 13.3. The molecule has 0 spiro atoms. The lowest BCUT2D eigenvalue weighted by Gasteiger charge is -2.07. The van der Waals surface area contributed by atoms with Gasteiger partial charge in [-0.3, -0.25) is 8.98 Å². The molecule has 2 aromatic carbocycles. The van der Waals surface area contributed by atoms with Gasteiger partial charge in [0.15, 0.2) is 11.6 Å². The SMILES string of the molecule is NC(=O)CCCCOS(=O)(=O)c1ccc(-c2ccc(F)c(F)c2)cc1. The Balaban J connectivity index is 2.02. The zero-order valence-electron chi connectivity index (χ0n) is 13.2. The van der Waals surface area contributed by atoms with Crippen LogP contribution < -0.4 is 5.73 Å². The summed E-state index contributed by atoms with van der Waals surface area (Å²) < 4.78 is 55.2. The first-order valence-corrected chi connectivity index (χ1v) is 8.93. The Morgan fingerprint density at radius 2 is 1.60 bits per heavy atom. The second-order valence-electron chi connectivity index (χ2n) is 5.35. The van der Waals surface area contributed by atoms with Crippen LogP contribution in [0.5, 0.6) is 0 Å². The second kappa shape index (κ2) is 8.17. The van der Waals surface area contributed by atoms with Crippen molar-refractivity contribution in [2.45, 2.75) is 24.2 Å². The van der Waals surface area contributed by atoms with Crippen LogP contribution in [0, 0.1) is 11.6 Å². The van der Waals surface area contributed by atoms with Crippen molar-refractivity contribution >= 4 is 16.0 Å². The topological polar surface area (TPSA) is 86.5 Å². The molecule has 0 saturated carbocycles. The van der Waals surface area contributed by atoms with E-state index in [4.69, 9.17) is 9.92 Å². The van der Waals surface area contributed by atoms with E-state index in [0.717, 1.165) is 12.1 Å². The van der Waals surface area contributed by atoms with Crippen molar-refractivity contribution in [2.24, 2.45) is 5.73 Å². The van der Waals surface area contributed by atoms with Gasteiger partial charge in [0.05, 0.1) is 11.5 Å². The summed E-state index contributed by atoms with van der Waals surface area (Å²) in [7, 11) is -3.93. The van der Waals surface area contributed by atoms with Crippen LogP contribution in [-0.2, 0) is 19.1 Å². The molecule has 0 bridgehead atoms. The van der Waals surface area contributed by atoms with E-state index >= 15 is 0 Å². The van der Waals surface area contributed by atoms with Gasteiger partial charge in [0.25, 0.3) is 10.1 Å². The van der Waals surface area contributed by atoms with Crippen molar-refractivity contribution < 1.29 is 26.2 Å². The minimum absolute atomic E-state index is 0.0475. The van der Waals surface area contributed by atoms with E-state index in [9.17, 15) is 22.0 Å². The monoisotopic (exact) mass is 369 g/mol. The predicted molar refractivity (Wildman–Crippen MR) is 88.0 cm³/mol. The number of rotatable bonds is 8. The Labute approximate surface area is 144 Å². The largest absolute Gasteiger partial charge is 0.370 e. The molecule has 0 heterocycles. The zero-order chi connectivity index (χ0) is 18.4. The van der Waals surface area contributed by atoms with E-state index in [1.54, 1.807) is 0 Å². The fraction of sp³-hybridized carbons (Fsp3) is 0.235. The van der Waals surface area contributed by atoms with Crippen LogP contribution in [-0.4, -0.2) is 20.9 Å². The average Bonchev–Trinajstić information content (AvgIpc) is 2.57. The van der Waals surface area contributed by atoms with Gasteiger partial charge < -0.3 is 5.73 Å². The first kappa shape index (κ1) is 19.0. The summed E-state index contributed by atoms with van der Waals surface area (Å²) in [6.07, 6.45) is 1.00. The van der Waals surface area contributed by atoms with Gasteiger partial charge in [0.1, 0.15) is 0 Å². The lowest BCUT2D eigenvalue weighted by molar-refractivity contribution is -0.118. The van der Waals surface area contributed by atoms with Gasteiger partial charge in [0, 0.05) is 6.42 Å². The first-order chi connectivity index (χ1) is 11.8. The van der Waals surface area contributed by atoms with Crippen LogP contribution in [0.3, 0.4) is 0 Å². The highest BCUT2D eigenvalue weighted by molar-refractivity contribution is 7.86. The number of hydrogen-bond donors (Lipinski definition) is 1. The maximum atomic E-state index is 13.3. The molecule has 0 aliphatic rings. The highest BCUT2D eigenvalue weighted by Gasteiger charge is 2.15. The van der Waals surface area contributed by atoms with Crippen molar-refractivity contribution in [2.75, 3.05) is 6.61 Å². The zero-order valence-corrected chi connectivity index (χ0v) is 14.1. The standard InChI is InChI=1S/C17H17F2NO4S/c18-15-9-6-13(11-16(15)19)12-4-7-14(8-5-12)25(22,23)24-10-2-1-3-17(20)21/h4-9,11H,1-3,10H2,(H2,20,21). The highest BCUT2D eigenvalue weighted by atomic mass is 32.2. The van der Waals surface area contributed by atoms with E-state index in [0.29, 0.717) is 24.0 Å². The Morgan fingerprint density at radius 3 is 2.20 bits per heavy atom. The van der Waals surface area contributed by atoms with Crippen LogP contribution in [0.1, 0.15) is 19.3 Å². The summed E-state index contributed by atoms with van der Waals surface area (Å²) in [6, 6.07) is 9.06. The van der Waals surface area contributed by atoms with Crippen LogP contribution in [0.4, 0.5) is 8.78 Å². The smallest absolute Gasteiger partial charge is 0.296 e. The van der Waals surface area contributed by atoms with Crippen molar-refractivity contribution in [1.29, 1.82) is 0 Å². The number of primary amides is 1. The van der Waals surface area contributed by atoms with E-state index in [1.807, 2.05) is 0 Å². The Morgan fingerprint density at radius 1 is 0.960 bits per heavy atom. The maximum Gasteiger partial charge on any atom is 0.296 e. The van der Waals surface area contributed by atoms with Gasteiger partial charge in [-0.25, -0.2) is 8.78 Å². The number of benzene rings is 2. The fourth-order valence-electron chi connectivity index (χ4n) is 2.13. The van der Waals surface area contributed by atoms with Crippen LogP contribution in [0.25, 0.3) is 11.1 Å². The third-order valence-corrected chi connectivity index (χ3v) is 4.78. The van der Waals surface area contributed by atoms with Crippen molar-refractivity contribution in [1.82, 2.24) is 0 Å². The number of amides is 1. The van der Waals surface area contributed by atoms with E-state index in [2.05, 4.69) is 0 Å². The molecule has 8 heteroatoms. The van der Waals surface area contributed by atoms with Crippen LogP contribution in [0.15, 0.2) is 47.4 Å². The predicted octanol–water partition coefficient (Wildman–Crippen LogP) is 2.99. The molecule has 25 heavy (non-hydrogen) atoms. The quantitative estimate of drug-likeness (QED) is 0.572. The second-order valence-corrected chi connectivity index (χ2v) is 6.97. The Bertz CT molecular complexity index is 851. The fourth-order valence-corrected chi connectivity index (χ4v) is 3.07. The molecule has 2 aromatic rings. The molecule has 0 aliphatic carbocycles. The third kappa shape index (κ3) is 5.33. The molecule has 5 nitrogen and oxygen atoms in total. The summed E-state index contributed by atoms with van der Waals surface area (Å²) in [5, 5.41) is 0. The van der Waals surface area contributed by atoms with Crippen LogP contribution >= 0.6 is 0 Å². The third-order valence-electron chi connectivity index (χ3n) is 3.45. The molecule has 2 rings (SSSR count). The highest BCUT2D eigenvalue weighted by Crippen LogP contribution is 2.24. The summed E-state index contributed by atoms with van der Waals surface area (Å²) in [5.74, 6) is -2.38. The van der Waals surface area contributed by atoms with E-state index in [1.165, 1.54) is 30.3 Å². The molecule has 0 radical (unpaired) electrons. The van der Waals surface area contributed by atoms with Gasteiger partial charge in [-0.1, -0.05) is 18.2 Å². The molecular weight excluding hydrogens is 352 g/mol. The van der Waals surface area contributed by atoms with Crippen molar-refractivity contribution in [3.05, 3.63) is 54.1 Å². The minimum Gasteiger partial charge on any atom is -0.370 e. The number of nitrogens with two attached hydrogens (primary N) is 1. The number of halogens is 2. The Kier molecular flexibility index (Phi) is 6.22.